The molecule has 2 heterocycles. The van der Waals surface area contributed by atoms with Crippen LogP contribution in [-0.4, -0.2) is 11.9 Å². The minimum atomic E-state index is -0.342. The van der Waals surface area contributed by atoms with Crippen molar-refractivity contribution in [3.63, 3.8) is 0 Å². The third-order valence-electron chi connectivity index (χ3n) is 5.12. The molecule has 4 rings (SSSR count). The van der Waals surface area contributed by atoms with Crippen LogP contribution in [0, 0.1) is 13.8 Å². The number of benzene rings is 2. The monoisotopic (exact) mass is 417 g/mol. The molecule has 3 amide bonds. The zero-order valence-electron chi connectivity index (χ0n) is 17.3. The highest BCUT2D eigenvalue weighted by molar-refractivity contribution is 5.96. The van der Waals surface area contributed by atoms with Crippen molar-refractivity contribution in [2.75, 3.05) is 10.6 Å². The molecule has 2 aromatic heterocycles. The average Bonchev–Trinajstić information content (AvgIpc) is 3.41. The Morgan fingerprint density at radius 3 is 2.35 bits per heavy atom. The first kappa shape index (κ1) is 20.3. The van der Waals surface area contributed by atoms with E-state index in [1.54, 1.807) is 48.9 Å². The Morgan fingerprint density at radius 2 is 1.65 bits per heavy atom. The van der Waals surface area contributed by atoms with Gasteiger partial charge >= 0.3 is 6.03 Å². The predicted molar refractivity (Wildman–Crippen MR) is 119 cm³/mol. The van der Waals surface area contributed by atoms with Crippen molar-refractivity contribution < 1.29 is 18.4 Å². The van der Waals surface area contributed by atoms with Gasteiger partial charge in [-0.1, -0.05) is 12.1 Å². The predicted octanol–water partition coefficient (Wildman–Crippen LogP) is 5.15. The van der Waals surface area contributed by atoms with E-state index < -0.39 is 0 Å². The van der Waals surface area contributed by atoms with Crippen molar-refractivity contribution in [3.8, 4) is 0 Å². The molecule has 0 fully saturated rings. The molecule has 3 N–H and O–H groups in total. The van der Waals surface area contributed by atoms with Crippen LogP contribution in [0.2, 0.25) is 0 Å². The molecular formula is C24H23N3O4. The van der Waals surface area contributed by atoms with Gasteiger partial charge in [-0.05, 0) is 61.4 Å². The lowest BCUT2D eigenvalue weighted by molar-refractivity contribution is -0.115. The number of rotatable bonds is 6. The average molecular weight is 417 g/mol. The van der Waals surface area contributed by atoms with E-state index in [9.17, 15) is 9.59 Å². The smallest absolute Gasteiger partial charge is 0.319 e. The summed E-state index contributed by atoms with van der Waals surface area (Å²) < 4.78 is 10.8. The summed E-state index contributed by atoms with van der Waals surface area (Å²) in [7, 11) is 0. The third-order valence-corrected chi connectivity index (χ3v) is 5.12. The van der Waals surface area contributed by atoms with Gasteiger partial charge in [0.2, 0.25) is 5.91 Å². The fourth-order valence-electron chi connectivity index (χ4n) is 3.30. The molecule has 0 saturated carbocycles. The van der Waals surface area contributed by atoms with Gasteiger partial charge in [0.25, 0.3) is 0 Å². The number of hydrogen-bond acceptors (Lipinski definition) is 4. The quantitative estimate of drug-likeness (QED) is 0.404. The Morgan fingerprint density at radius 1 is 0.903 bits per heavy atom. The van der Waals surface area contributed by atoms with Crippen LogP contribution in [0.4, 0.5) is 16.2 Å². The zero-order valence-corrected chi connectivity index (χ0v) is 17.3. The Balaban J connectivity index is 1.32. The van der Waals surface area contributed by atoms with Crippen molar-refractivity contribution in [3.05, 3.63) is 83.5 Å². The van der Waals surface area contributed by atoms with E-state index in [4.69, 9.17) is 8.83 Å². The second-order valence-corrected chi connectivity index (χ2v) is 7.33. The van der Waals surface area contributed by atoms with Crippen molar-refractivity contribution >= 4 is 34.3 Å². The number of aryl methyl sites for hydroxylation is 2. The minimum Gasteiger partial charge on any atom is -0.467 e. The van der Waals surface area contributed by atoms with Crippen LogP contribution in [0.1, 0.15) is 22.5 Å². The molecule has 0 atom stereocenters. The van der Waals surface area contributed by atoms with Crippen molar-refractivity contribution in [1.29, 1.82) is 0 Å². The molecule has 7 nitrogen and oxygen atoms in total. The lowest BCUT2D eigenvalue weighted by atomic mass is 10.0. The van der Waals surface area contributed by atoms with Gasteiger partial charge in [-0.15, -0.1) is 0 Å². The molecule has 2 aromatic carbocycles. The molecule has 7 heteroatoms. The number of hydrogen-bond donors (Lipinski definition) is 3. The number of furan rings is 2. The molecule has 0 radical (unpaired) electrons. The van der Waals surface area contributed by atoms with Gasteiger partial charge in [0, 0.05) is 22.3 Å². The van der Waals surface area contributed by atoms with E-state index >= 15 is 0 Å². The van der Waals surface area contributed by atoms with E-state index in [0.717, 1.165) is 27.7 Å². The first-order chi connectivity index (χ1) is 15.0. The van der Waals surface area contributed by atoms with Crippen LogP contribution in [0.5, 0.6) is 0 Å². The Hall–Kier alpha value is -4.00. The largest absolute Gasteiger partial charge is 0.467 e. The molecule has 0 bridgehead atoms. The first-order valence-corrected chi connectivity index (χ1v) is 9.93. The molecule has 158 valence electrons. The van der Waals surface area contributed by atoms with E-state index in [1.165, 1.54) is 0 Å². The van der Waals surface area contributed by atoms with Crippen molar-refractivity contribution in [1.82, 2.24) is 5.32 Å². The highest BCUT2D eigenvalue weighted by Crippen LogP contribution is 2.27. The van der Waals surface area contributed by atoms with Crippen LogP contribution in [0.15, 0.2) is 69.9 Å². The van der Waals surface area contributed by atoms with E-state index in [1.807, 2.05) is 26.0 Å². The van der Waals surface area contributed by atoms with E-state index in [0.29, 0.717) is 23.7 Å². The number of fused-ring (bicyclic) bond motifs is 1. The fraction of sp³-hybridized carbons (Fsp3) is 0.167. The highest BCUT2D eigenvalue weighted by atomic mass is 16.3. The molecule has 4 aromatic rings. The van der Waals surface area contributed by atoms with Crippen LogP contribution in [0.25, 0.3) is 11.0 Å². The number of nitrogens with one attached hydrogen (secondary N) is 3. The summed E-state index contributed by atoms with van der Waals surface area (Å²) in [4.78, 5) is 24.5. The molecule has 0 aliphatic rings. The Kier molecular flexibility index (Phi) is 5.75. The molecule has 0 spiro atoms. The normalized spacial score (nSPS) is 10.8. The van der Waals surface area contributed by atoms with Gasteiger partial charge in [0.05, 0.1) is 25.5 Å². The number of carbonyl (C=O) groups is 2. The number of amides is 3. The zero-order chi connectivity index (χ0) is 21.8. The molecule has 0 saturated heterocycles. The molecule has 31 heavy (non-hydrogen) atoms. The standard InChI is InChI=1S/C24H23N3O4/c1-15-5-10-21-17(14-31-23(21)16(15)2)12-22(28)26-18-6-8-19(9-7-18)27-24(29)25-13-20-4-3-11-30-20/h3-11,14H,12-13H2,1-2H3,(H,26,28)(H2,25,27,29). The second-order valence-electron chi connectivity index (χ2n) is 7.33. The van der Waals surface area contributed by atoms with E-state index in [2.05, 4.69) is 16.0 Å². The van der Waals surface area contributed by atoms with Gasteiger partial charge in [0.15, 0.2) is 0 Å². The van der Waals surface area contributed by atoms with Crippen molar-refractivity contribution in [2.45, 2.75) is 26.8 Å². The minimum absolute atomic E-state index is 0.141. The number of carbonyl (C=O) groups excluding carboxylic acids is 2. The van der Waals surface area contributed by atoms with Gasteiger partial charge in [0.1, 0.15) is 11.3 Å². The second kappa shape index (κ2) is 8.79. The summed E-state index contributed by atoms with van der Waals surface area (Å²) in [6.45, 7) is 4.34. The maximum absolute atomic E-state index is 12.5. The number of urea groups is 1. The highest BCUT2D eigenvalue weighted by Gasteiger charge is 2.13. The summed E-state index contributed by atoms with van der Waals surface area (Å²) in [5.41, 5.74) is 5.17. The topological polar surface area (TPSA) is 96.5 Å². The first-order valence-electron chi connectivity index (χ1n) is 9.93. The SMILES string of the molecule is Cc1ccc2c(CC(=O)Nc3ccc(NC(=O)NCc4ccco4)cc3)coc2c1C. The molecule has 0 aliphatic heterocycles. The van der Waals surface area contributed by atoms with Crippen molar-refractivity contribution in [2.24, 2.45) is 0 Å². The molecule has 0 unspecified atom stereocenters. The lowest BCUT2D eigenvalue weighted by Crippen LogP contribution is -2.27. The van der Waals surface area contributed by atoms with Crippen LogP contribution < -0.4 is 16.0 Å². The summed E-state index contributed by atoms with van der Waals surface area (Å²) in [6.07, 6.45) is 3.41. The Labute approximate surface area is 179 Å². The third kappa shape index (κ3) is 4.78. The summed E-state index contributed by atoms with van der Waals surface area (Å²) in [6, 6.07) is 14.1. The molecule has 0 aliphatic carbocycles. The lowest BCUT2D eigenvalue weighted by Gasteiger charge is -2.08. The summed E-state index contributed by atoms with van der Waals surface area (Å²) in [5, 5.41) is 9.27. The Bertz CT molecular complexity index is 1210. The maximum Gasteiger partial charge on any atom is 0.319 e. The summed E-state index contributed by atoms with van der Waals surface area (Å²) >= 11 is 0. The van der Waals surface area contributed by atoms with Gasteiger partial charge in [-0.3, -0.25) is 4.79 Å². The van der Waals surface area contributed by atoms with Gasteiger partial charge in [-0.25, -0.2) is 4.79 Å². The number of anilines is 2. The fourth-order valence-corrected chi connectivity index (χ4v) is 3.30. The van der Waals surface area contributed by atoms with E-state index in [-0.39, 0.29) is 18.4 Å². The summed E-state index contributed by atoms with van der Waals surface area (Å²) in [5.74, 6) is 0.529. The molecular weight excluding hydrogens is 394 g/mol. The maximum atomic E-state index is 12.5. The van der Waals surface area contributed by atoms with Crippen LogP contribution >= 0.6 is 0 Å². The van der Waals surface area contributed by atoms with Crippen LogP contribution in [0.3, 0.4) is 0 Å². The van der Waals surface area contributed by atoms with Gasteiger partial charge < -0.3 is 24.8 Å². The van der Waals surface area contributed by atoms with Crippen LogP contribution in [-0.2, 0) is 17.8 Å². The van der Waals surface area contributed by atoms with Gasteiger partial charge in [-0.2, -0.15) is 0 Å².